The molecular formula is C9H10ClN. The molecule has 0 amide bonds. The van der Waals surface area contributed by atoms with Crippen LogP contribution in [0.25, 0.3) is 0 Å². The van der Waals surface area contributed by atoms with Crippen molar-refractivity contribution in [2.75, 3.05) is 0 Å². The number of aryl methyl sites for hydroxylation is 1. The molecule has 0 bridgehead atoms. The van der Waals surface area contributed by atoms with Crippen LogP contribution in [0.5, 0.6) is 0 Å². The van der Waals surface area contributed by atoms with Crippen molar-refractivity contribution < 1.29 is 0 Å². The van der Waals surface area contributed by atoms with E-state index >= 15 is 0 Å². The first kappa shape index (κ1) is 8.28. The zero-order valence-electron chi connectivity index (χ0n) is 6.63. The lowest BCUT2D eigenvalue weighted by molar-refractivity contribution is 1.40. The maximum Gasteiger partial charge on any atom is 0.0840 e. The van der Waals surface area contributed by atoms with Crippen LogP contribution < -0.4 is 0 Å². The Hall–Kier alpha value is -0.820. The normalized spacial score (nSPS) is 10.8. The molecule has 0 N–H and O–H groups in total. The predicted molar refractivity (Wildman–Crippen MR) is 50.0 cm³/mol. The van der Waals surface area contributed by atoms with Gasteiger partial charge >= 0.3 is 0 Å². The molecule has 0 aliphatic rings. The molecule has 0 aromatic heterocycles. The van der Waals surface area contributed by atoms with Gasteiger partial charge in [-0.3, -0.25) is 4.99 Å². The average Bonchev–Trinajstić information content (AvgIpc) is 1.97. The van der Waals surface area contributed by atoms with E-state index in [1.165, 1.54) is 0 Å². The second-order valence-electron chi connectivity index (χ2n) is 2.29. The van der Waals surface area contributed by atoms with Gasteiger partial charge in [0.15, 0.2) is 0 Å². The first-order valence-corrected chi connectivity index (χ1v) is 3.87. The van der Waals surface area contributed by atoms with Gasteiger partial charge in [-0.2, -0.15) is 0 Å². The predicted octanol–water partition coefficient (Wildman–Crippen LogP) is 3.37. The van der Waals surface area contributed by atoms with E-state index in [1.54, 1.807) is 6.21 Å². The summed E-state index contributed by atoms with van der Waals surface area (Å²) in [6.07, 6.45) is 1.74. The van der Waals surface area contributed by atoms with Crippen molar-refractivity contribution in [3.8, 4) is 0 Å². The molecule has 1 nitrogen and oxygen atoms in total. The first-order valence-electron chi connectivity index (χ1n) is 3.49. The van der Waals surface area contributed by atoms with Crippen LogP contribution in [0, 0.1) is 6.92 Å². The summed E-state index contributed by atoms with van der Waals surface area (Å²) in [6, 6.07) is 5.76. The highest BCUT2D eigenvalue weighted by molar-refractivity contribution is 6.33. The molecule has 0 heterocycles. The summed E-state index contributed by atoms with van der Waals surface area (Å²) in [5, 5.41) is 0.711. The van der Waals surface area contributed by atoms with E-state index < -0.39 is 0 Å². The van der Waals surface area contributed by atoms with Gasteiger partial charge < -0.3 is 0 Å². The zero-order valence-corrected chi connectivity index (χ0v) is 7.39. The monoisotopic (exact) mass is 167 g/mol. The van der Waals surface area contributed by atoms with Crippen LogP contribution in [-0.2, 0) is 0 Å². The lowest BCUT2D eigenvalue weighted by Crippen LogP contribution is -1.75. The van der Waals surface area contributed by atoms with Crippen LogP contribution in [0.2, 0.25) is 5.02 Å². The fraction of sp³-hybridized carbons (Fsp3) is 0.222. The average molecular weight is 168 g/mol. The second-order valence-corrected chi connectivity index (χ2v) is 2.70. The second kappa shape index (κ2) is 3.54. The molecule has 0 atom stereocenters. The first-order chi connectivity index (χ1) is 5.25. The van der Waals surface area contributed by atoms with E-state index in [4.69, 9.17) is 11.6 Å². The van der Waals surface area contributed by atoms with Crippen LogP contribution in [-0.4, -0.2) is 6.21 Å². The van der Waals surface area contributed by atoms with Crippen LogP contribution in [0.3, 0.4) is 0 Å². The van der Waals surface area contributed by atoms with Crippen LogP contribution in [0.15, 0.2) is 23.2 Å². The number of halogens is 1. The molecule has 1 rings (SSSR count). The lowest BCUT2D eigenvalue weighted by Gasteiger charge is -2.00. The number of para-hydroxylation sites is 1. The minimum atomic E-state index is 0.711. The summed E-state index contributed by atoms with van der Waals surface area (Å²) >= 11 is 5.89. The molecule has 0 spiro atoms. The van der Waals surface area contributed by atoms with Crippen molar-refractivity contribution >= 4 is 23.5 Å². The highest BCUT2D eigenvalue weighted by atomic mass is 35.5. The van der Waals surface area contributed by atoms with Gasteiger partial charge in [-0.15, -0.1) is 0 Å². The third-order valence-corrected chi connectivity index (χ3v) is 1.75. The smallest absolute Gasteiger partial charge is 0.0840 e. The van der Waals surface area contributed by atoms with Gasteiger partial charge in [-0.25, -0.2) is 0 Å². The van der Waals surface area contributed by atoms with Gasteiger partial charge in [0.05, 0.1) is 10.7 Å². The molecule has 58 valence electrons. The van der Waals surface area contributed by atoms with Crippen molar-refractivity contribution in [2.45, 2.75) is 13.8 Å². The molecule has 11 heavy (non-hydrogen) atoms. The standard InChI is InChI=1S/C9H10ClN/c1-3-11-9-7(2)5-4-6-8(9)10/h3-6H,1-2H3. The number of aliphatic imine (C=N–C) groups is 1. The summed E-state index contributed by atoms with van der Waals surface area (Å²) in [6.45, 7) is 3.87. The van der Waals surface area contributed by atoms with E-state index in [-0.39, 0.29) is 0 Å². The molecule has 0 aliphatic carbocycles. The Bertz CT molecular complexity index is 259. The van der Waals surface area contributed by atoms with Crippen molar-refractivity contribution in [1.29, 1.82) is 0 Å². The van der Waals surface area contributed by atoms with E-state index in [0.717, 1.165) is 11.3 Å². The number of rotatable bonds is 1. The number of nitrogens with zero attached hydrogens (tertiary/aromatic N) is 1. The van der Waals surface area contributed by atoms with E-state index in [1.807, 2.05) is 32.0 Å². The van der Waals surface area contributed by atoms with E-state index in [9.17, 15) is 0 Å². The molecule has 2 heteroatoms. The Labute approximate surface area is 71.7 Å². The third-order valence-electron chi connectivity index (χ3n) is 1.45. The van der Waals surface area contributed by atoms with Crippen molar-refractivity contribution in [1.82, 2.24) is 0 Å². The third kappa shape index (κ3) is 1.81. The van der Waals surface area contributed by atoms with Crippen LogP contribution >= 0.6 is 11.6 Å². The fourth-order valence-corrected chi connectivity index (χ4v) is 1.19. The molecule has 0 aliphatic heterocycles. The summed E-state index contributed by atoms with van der Waals surface area (Å²) in [4.78, 5) is 4.15. The van der Waals surface area contributed by atoms with E-state index in [2.05, 4.69) is 4.99 Å². The number of hydrogen-bond donors (Lipinski definition) is 0. The molecule has 0 fully saturated rings. The molecule has 0 saturated heterocycles. The molecule has 0 unspecified atom stereocenters. The summed E-state index contributed by atoms with van der Waals surface area (Å²) < 4.78 is 0. The van der Waals surface area contributed by atoms with Gasteiger partial charge in [0, 0.05) is 6.21 Å². The number of benzene rings is 1. The molecule has 0 saturated carbocycles. The molecule has 0 radical (unpaired) electrons. The highest BCUT2D eigenvalue weighted by Gasteiger charge is 1.98. The van der Waals surface area contributed by atoms with Crippen LogP contribution in [0.4, 0.5) is 5.69 Å². The Kier molecular flexibility index (Phi) is 2.66. The zero-order chi connectivity index (χ0) is 8.27. The molecular weight excluding hydrogens is 158 g/mol. The maximum atomic E-state index is 5.89. The maximum absolute atomic E-state index is 5.89. The van der Waals surface area contributed by atoms with Gasteiger partial charge in [0.1, 0.15) is 0 Å². The van der Waals surface area contributed by atoms with Crippen molar-refractivity contribution in [3.05, 3.63) is 28.8 Å². The van der Waals surface area contributed by atoms with E-state index in [0.29, 0.717) is 5.02 Å². The number of hydrogen-bond acceptors (Lipinski definition) is 1. The lowest BCUT2D eigenvalue weighted by atomic mass is 10.2. The SMILES string of the molecule is CC=Nc1c(C)cccc1Cl. The molecule has 1 aromatic rings. The Morgan fingerprint density at radius 2 is 2.18 bits per heavy atom. The Balaban J connectivity index is 3.20. The summed E-state index contributed by atoms with van der Waals surface area (Å²) in [7, 11) is 0. The van der Waals surface area contributed by atoms with Crippen LogP contribution in [0.1, 0.15) is 12.5 Å². The highest BCUT2D eigenvalue weighted by Crippen LogP contribution is 2.27. The fourth-order valence-electron chi connectivity index (χ4n) is 0.916. The Morgan fingerprint density at radius 1 is 1.45 bits per heavy atom. The minimum Gasteiger partial charge on any atom is -0.260 e. The van der Waals surface area contributed by atoms with Gasteiger partial charge in [0.2, 0.25) is 0 Å². The van der Waals surface area contributed by atoms with Gasteiger partial charge in [-0.05, 0) is 25.5 Å². The topological polar surface area (TPSA) is 12.4 Å². The quantitative estimate of drug-likeness (QED) is 0.569. The van der Waals surface area contributed by atoms with Gasteiger partial charge in [0.25, 0.3) is 0 Å². The summed E-state index contributed by atoms with van der Waals surface area (Å²) in [5.74, 6) is 0. The molecule has 1 aromatic carbocycles. The Morgan fingerprint density at radius 3 is 2.73 bits per heavy atom. The minimum absolute atomic E-state index is 0.711. The van der Waals surface area contributed by atoms with Crippen molar-refractivity contribution in [2.24, 2.45) is 4.99 Å². The largest absolute Gasteiger partial charge is 0.260 e. The van der Waals surface area contributed by atoms with Gasteiger partial charge in [-0.1, -0.05) is 23.7 Å². The summed E-state index contributed by atoms with van der Waals surface area (Å²) in [5.41, 5.74) is 1.98. The van der Waals surface area contributed by atoms with Crippen molar-refractivity contribution in [3.63, 3.8) is 0 Å².